The van der Waals surface area contributed by atoms with E-state index in [2.05, 4.69) is 10.6 Å². The number of ketones is 1. The second-order valence-electron chi connectivity index (χ2n) is 6.83. The van der Waals surface area contributed by atoms with Gasteiger partial charge in [0.05, 0.1) is 17.6 Å². The molecular weight excluding hydrogens is 342 g/mol. The van der Waals surface area contributed by atoms with E-state index in [1.807, 2.05) is 37.3 Å². The van der Waals surface area contributed by atoms with E-state index in [1.165, 1.54) is 0 Å². The van der Waals surface area contributed by atoms with Gasteiger partial charge in [0.1, 0.15) is 11.8 Å². The Morgan fingerprint density at radius 2 is 2.11 bits per heavy atom. The van der Waals surface area contributed by atoms with Gasteiger partial charge in [0.25, 0.3) is 0 Å². The van der Waals surface area contributed by atoms with Gasteiger partial charge in [-0.25, -0.2) is 4.79 Å². The number of hydrogen-bond donors (Lipinski definition) is 2. The third kappa shape index (κ3) is 3.12. The number of anilines is 2. The molecule has 0 bridgehead atoms. The van der Waals surface area contributed by atoms with Crippen LogP contribution in [-0.2, 0) is 4.79 Å². The fourth-order valence-electron chi connectivity index (χ4n) is 3.79. The summed E-state index contributed by atoms with van der Waals surface area (Å²) >= 11 is 0. The smallest absolute Gasteiger partial charge is 0.322 e. The number of Topliss-reactive ketones (excluding diaryl/α,β-unsaturated/α-hetero) is 1. The molecule has 1 aromatic heterocycles. The van der Waals surface area contributed by atoms with E-state index in [1.54, 1.807) is 17.2 Å². The highest BCUT2D eigenvalue weighted by Gasteiger charge is 2.40. The van der Waals surface area contributed by atoms with Crippen LogP contribution in [-0.4, -0.2) is 18.4 Å². The number of nitrogens with one attached hydrogen (secondary N) is 2. The van der Waals surface area contributed by atoms with Gasteiger partial charge in [-0.15, -0.1) is 0 Å². The Kier molecular flexibility index (Phi) is 4.71. The molecule has 4 rings (SSSR count). The van der Waals surface area contributed by atoms with Crippen molar-refractivity contribution in [3.05, 3.63) is 59.7 Å². The molecule has 1 aliphatic carbocycles. The van der Waals surface area contributed by atoms with E-state index in [4.69, 9.17) is 4.42 Å². The molecule has 0 radical (unpaired) electrons. The number of allylic oxidation sites excluding steroid dienone is 1. The van der Waals surface area contributed by atoms with E-state index < -0.39 is 6.04 Å². The summed E-state index contributed by atoms with van der Waals surface area (Å²) in [5, 5.41) is 6.38. The quantitative estimate of drug-likeness (QED) is 0.846. The molecule has 0 fully saturated rings. The minimum absolute atomic E-state index is 0.0613. The summed E-state index contributed by atoms with van der Waals surface area (Å²) in [7, 11) is 0. The van der Waals surface area contributed by atoms with Gasteiger partial charge in [0, 0.05) is 24.2 Å². The molecule has 1 atom stereocenters. The van der Waals surface area contributed by atoms with Crippen LogP contribution in [0.15, 0.2) is 58.3 Å². The number of para-hydroxylation sites is 2. The number of fused-ring (bicyclic) bond motifs is 1. The molecule has 27 heavy (non-hydrogen) atoms. The molecule has 6 heteroatoms. The lowest BCUT2D eigenvalue weighted by Gasteiger charge is -2.32. The van der Waals surface area contributed by atoms with Crippen molar-refractivity contribution < 1.29 is 14.0 Å². The van der Waals surface area contributed by atoms with Crippen LogP contribution in [0.1, 0.15) is 44.4 Å². The highest BCUT2D eigenvalue weighted by molar-refractivity contribution is 6.05. The molecule has 2 heterocycles. The summed E-state index contributed by atoms with van der Waals surface area (Å²) in [5.41, 5.74) is 3.06. The van der Waals surface area contributed by atoms with Gasteiger partial charge in [-0.05, 0) is 43.5 Å². The first kappa shape index (κ1) is 17.4. The van der Waals surface area contributed by atoms with Crippen LogP contribution < -0.4 is 15.5 Å². The summed E-state index contributed by atoms with van der Waals surface area (Å²) in [6.45, 7) is 2.57. The average molecular weight is 365 g/mol. The van der Waals surface area contributed by atoms with Crippen molar-refractivity contribution in [2.24, 2.45) is 0 Å². The van der Waals surface area contributed by atoms with Crippen LogP contribution >= 0.6 is 0 Å². The Hall–Kier alpha value is -3.02. The van der Waals surface area contributed by atoms with Gasteiger partial charge in [-0.2, -0.15) is 0 Å². The summed E-state index contributed by atoms with van der Waals surface area (Å²) in [5.74, 6) is 0.647. The SMILES string of the molecule is CCCNC(=O)N1c2ccccc2NC2=C(C(=O)CCC2)[C@@H]1c1ccco1. The van der Waals surface area contributed by atoms with Gasteiger partial charge in [-0.3, -0.25) is 9.69 Å². The Labute approximate surface area is 158 Å². The second kappa shape index (κ2) is 7.31. The van der Waals surface area contributed by atoms with Gasteiger partial charge in [-0.1, -0.05) is 19.1 Å². The molecule has 2 aliphatic rings. The summed E-state index contributed by atoms with van der Waals surface area (Å²) < 4.78 is 5.69. The summed E-state index contributed by atoms with van der Waals surface area (Å²) in [6, 6.07) is 10.4. The first-order chi connectivity index (χ1) is 13.2. The summed E-state index contributed by atoms with van der Waals surface area (Å²) in [4.78, 5) is 27.7. The first-order valence-corrected chi connectivity index (χ1v) is 9.43. The predicted octanol–water partition coefficient (Wildman–Crippen LogP) is 4.38. The van der Waals surface area contributed by atoms with Crippen molar-refractivity contribution in [1.29, 1.82) is 0 Å². The topological polar surface area (TPSA) is 74.6 Å². The van der Waals surface area contributed by atoms with Crippen LogP contribution in [0.25, 0.3) is 0 Å². The Morgan fingerprint density at radius 3 is 2.89 bits per heavy atom. The average Bonchev–Trinajstić information content (AvgIpc) is 3.15. The Balaban J connectivity index is 1.92. The molecule has 0 unspecified atom stereocenters. The first-order valence-electron chi connectivity index (χ1n) is 9.43. The molecule has 2 N–H and O–H groups in total. The molecule has 2 aromatic rings. The number of urea groups is 1. The van der Waals surface area contributed by atoms with Gasteiger partial charge in [0.15, 0.2) is 5.78 Å². The number of amides is 2. The molecule has 1 aromatic carbocycles. The van der Waals surface area contributed by atoms with E-state index in [9.17, 15) is 9.59 Å². The predicted molar refractivity (Wildman–Crippen MR) is 104 cm³/mol. The largest absolute Gasteiger partial charge is 0.467 e. The Bertz CT molecular complexity index is 886. The van der Waals surface area contributed by atoms with Gasteiger partial charge < -0.3 is 15.1 Å². The third-order valence-electron chi connectivity index (χ3n) is 4.99. The number of hydrogen-bond acceptors (Lipinski definition) is 4. The third-order valence-corrected chi connectivity index (χ3v) is 4.99. The van der Waals surface area contributed by atoms with Crippen molar-refractivity contribution in [3.63, 3.8) is 0 Å². The monoisotopic (exact) mass is 365 g/mol. The number of benzene rings is 1. The number of carbonyl (C=O) groups excluding carboxylic acids is 2. The molecule has 0 spiro atoms. The zero-order valence-electron chi connectivity index (χ0n) is 15.3. The van der Waals surface area contributed by atoms with Crippen LogP contribution in [0.3, 0.4) is 0 Å². The maximum atomic E-state index is 13.2. The van der Waals surface area contributed by atoms with E-state index in [0.29, 0.717) is 24.3 Å². The molecular formula is C21H23N3O3. The van der Waals surface area contributed by atoms with Gasteiger partial charge >= 0.3 is 6.03 Å². The number of furan rings is 1. The lowest BCUT2D eigenvalue weighted by molar-refractivity contribution is -0.116. The van der Waals surface area contributed by atoms with Crippen molar-refractivity contribution in [1.82, 2.24) is 5.32 Å². The van der Waals surface area contributed by atoms with E-state index in [0.717, 1.165) is 36.3 Å². The maximum absolute atomic E-state index is 13.2. The van der Waals surface area contributed by atoms with Crippen molar-refractivity contribution >= 4 is 23.2 Å². The van der Waals surface area contributed by atoms with Crippen molar-refractivity contribution in [2.75, 3.05) is 16.8 Å². The lowest BCUT2D eigenvalue weighted by Crippen LogP contribution is -2.44. The van der Waals surface area contributed by atoms with E-state index >= 15 is 0 Å². The fraction of sp³-hybridized carbons (Fsp3) is 0.333. The zero-order valence-corrected chi connectivity index (χ0v) is 15.3. The standard InChI is InChI=1S/C21H23N3O3/c1-2-12-22-21(26)24-16-9-4-3-7-14(16)23-15-8-5-10-17(25)19(15)20(24)18-11-6-13-27-18/h3-4,6-7,9,11,13,20,23H,2,5,8,10,12H2,1H3,(H,22,26)/t20-/m0/s1. The lowest BCUT2D eigenvalue weighted by atomic mass is 9.88. The normalized spacial score (nSPS) is 19.1. The highest BCUT2D eigenvalue weighted by atomic mass is 16.3. The minimum atomic E-state index is -0.587. The van der Waals surface area contributed by atoms with Crippen LogP contribution in [0.5, 0.6) is 0 Å². The van der Waals surface area contributed by atoms with Crippen molar-refractivity contribution in [2.45, 2.75) is 38.6 Å². The second-order valence-corrected chi connectivity index (χ2v) is 6.83. The van der Waals surface area contributed by atoms with Crippen LogP contribution in [0.4, 0.5) is 16.2 Å². The molecule has 2 amide bonds. The summed E-state index contributed by atoms with van der Waals surface area (Å²) in [6.07, 6.45) is 4.47. The molecule has 6 nitrogen and oxygen atoms in total. The van der Waals surface area contributed by atoms with Crippen LogP contribution in [0, 0.1) is 0 Å². The molecule has 0 saturated heterocycles. The number of rotatable bonds is 3. The number of carbonyl (C=O) groups is 2. The molecule has 1 aliphatic heterocycles. The Morgan fingerprint density at radius 1 is 1.26 bits per heavy atom. The minimum Gasteiger partial charge on any atom is -0.467 e. The molecule has 0 saturated carbocycles. The maximum Gasteiger partial charge on any atom is 0.322 e. The zero-order chi connectivity index (χ0) is 18.8. The fourth-order valence-corrected chi connectivity index (χ4v) is 3.79. The molecule has 140 valence electrons. The van der Waals surface area contributed by atoms with Crippen molar-refractivity contribution in [3.8, 4) is 0 Å². The number of nitrogens with zero attached hydrogens (tertiary/aromatic N) is 1. The van der Waals surface area contributed by atoms with Crippen LogP contribution in [0.2, 0.25) is 0 Å². The van der Waals surface area contributed by atoms with Gasteiger partial charge in [0.2, 0.25) is 0 Å². The van der Waals surface area contributed by atoms with E-state index in [-0.39, 0.29) is 11.8 Å². The highest BCUT2D eigenvalue weighted by Crippen LogP contribution is 2.44.